The van der Waals surface area contributed by atoms with E-state index in [0.717, 1.165) is 11.3 Å². The minimum Gasteiger partial charge on any atom is -0.467 e. The maximum absolute atomic E-state index is 13.0. The molecule has 1 aliphatic heterocycles. The van der Waals surface area contributed by atoms with Crippen LogP contribution in [-0.2, 0) is 30.2 Å². The van der Waals surface area contributed by atoms with Crippen LogP contribution in [0, 0.1) is 5.92 Å². The molecule has 0 aliphatic carbocycles. The van der Waals surface area contributed by atoms with Crippen molar-refractivity contribution in [2.24, 2.45) is 5.92 Å². The third-order valence-electron chi connectivity index (χ3n) is 5.27. The van der Waals surface area contributed by atoms with Gasteiger partial charge in [-0.2, -0.15) is 0 Å². The highest BCUT2D eigenvalue weighted by molar-refractivity contribution is 7.09. The summed E-state index contributed by atoms with van der Waals surface area (Å²) < 4.78 is 16.1. The molecular weight excluding hydrogens is 420 g/mol. The van der Waals surface area contributed by atoms with Gasteiger partial charge in [-0.05, 0) is 45.1 Å². The van der Waals surface area contributed by atoms with E-state index in [-0.39, 0.29) is 11.9 Å². The molecule has 1 saturated heterocycles. The van der Waals surface area contributed by atoms with Crippen molar-refractivity contribution in [1.82, 2.24) is 10.2 Å². The van der Waals surface area contributed by atoms with E-state index in [9.17, 15) is 14.4 Å². The predicted octanol–water partition coefficient (Wildman–Crippen LogP) is 3.00. The van der Waals surface area contributed by atoms with E-state index in [0.29, 0.717) is 19.4 Å². The number of amides is 2. The first-order valence-electron chi connectivity index (χ1n) is 10.5. The number of hydrogen-bond donors (Lipinski definition) is 1. The summed E-state index contributed by atoms with van der Waals surface area (Å²) in [6, 6.07) is 2.73. The van der Waals surface area contributed by atoms with Crippen molar-refractivity contribution in [2.45, 2.75) is 70.7 Å². The maximum Gasteiger partial charge on any atom is 0.410 e. The maximum atomic E-state index is 13.0. The van der Waals surface area contributed by atoms with Gasteiger partial charge in [0.05, 0.1) is 25.2 Å². The van der Waals surface area contributed by atoms with E-state index >= 15 is 0 Å². The number of methoxy groups -OCH3 is 2. The van der Waals surface area contributed by atoms with Crippen LogP contribution >= 0.6 is 11.3 Å². The number of hydrogen-bond acceptors (Lipinski definition) is 7. The molecule has 0 aromatic carbocycles. The second-order valence-electron chi connectivity index (χ2n) is 8.74. The van der Waals surface area contributed by atoms with Crippen molar-refractivity contribution in [2.75, 3.05) is 20.8 Å². The molecule has 2 heterocycles. The third-order valence-corrected chi connectivity index (χ3v) is 6.17. The van der Waals surface area contributed by atoms with Crippen molar-refractivity contribution in [1.29, 1.82) is 0 Å². The molecule has 1 fully saturated rings. The van der Waals surface area contributed by atoms with E-state index in [1.54, 1.807) is 11.8 Å². The molecule has 1 aliphatic rings. The van der Waals surface area contributed by atoms with Crippen LogP contribution in [0.3, 0.4) is 0 Å². The van der Waals surface area contributed by atoms with Gasteiger partial charge in [-0.3, -0.25) is 4.79 Å². The molecular formula is C22H34N2O6S. The molecule has 1 N–H and O–H groups in total. The highest BCUT2D eigenvalue weighted by Crippen LogP contribution is 2.28. The van der Waals surface area contributed by atoms with Gasteiger partial charge in [-0.15, -0.1) is 11.3 Å². The SMILES string of the molecule is COC(=O)[C@H](Cc1cccs1)NC(=O)[C@H](C)[C@@H](OC)[C@@H]1CCCN1C(=O)OC(C)(C)C. The van der Waals surface area contributed by atoms with Crippen LogP contribution < -0.4 is 5.32 Å². The summed E-state index contributed by atoms with van der Waals surface area (Å²) in [5.41, 5.74) is -0.606. The first-order chi connectivity index (χ1) is 14.6. The lowest BCUT2D eigenvalue weighted by Crippen LogP contribution is -2.53. The van der Waals surface area contributed by atoms with E-state index in [2.05, 4.69) is 5.32 Å². The van der Waals surface area contributed by atoms with Crippen LogP contribution in [0.5, 0.6) is 0 Å². The average molecular weight is 455 g/mol. The van der Waals surface area contributed by atoms with E-state index in [1.807, 2.05) is 38.3 Å². The number of nitrogens with zero attached hydrogens (tertiary/aromatic N) is 1. The number of nitrogens with one attached hydrogen (secondary N) is 1. The first-order valence-corrected chi connectivity index (χ1v) is 11.4. The smallest absolute Gasteiger partial charge is 0.410 e. The molecule has 0 spiro atoms. The van der Waals surface area contributed by atoms with Crippen molar-refractivity contribution in [3.8, 4) is 0 Å². The number of carbonyl (C=O) groups excluding carboxylic acids is 3. The topological polar surface area (TPSA) is 94.2 Å². The molecule has 2 rings (SSSR count). The van der Waals surface area contributed by atoms with Gasteiger partial charge in [0.1, 0.15) is 11.6 Å². The molecule has 174 valence electrons. The Morgan fingerprint density at radius 3 is 2.55 bits per heavy atom. The molecule has 0 radical (unpaired) electrons. The zero-order chi connectivity index (χ0) is 23.2. The summed E-state index contributed by atoms with van der Waals surface area (Å²) in [6.45, 7) is 7.76. The average Bonchev–Trinajstić information content (AvgIpc) is 3.38. The summed E-state index contributed by atoms with van der Waals surface area (Å²) in [5, 5.41) is 4.72. The van der Waals surface area contributed by atoms with Gasteiger partial charge >= 0.3 is 12.1 Å². The Bertz CT molecular complexity index is 746. The molecule has 31 heavy (non-hydrogen) atoms. The largest absolute Gasteiger partial charge is 0.467 e. The number of carbonyl (C=O) groups is 3. The van der Waals surface area contributed by atoms with Gasteiger partial charge in [0.15, 0.2) is 0 Å². The fourth-order valence-electron chi connectivity index (χ4n) is 3.79. The van der Waals surface area contributed by atoms with E-state index < -0.39 is 35.7 Å². The summed E-state index contributed by atoms with van der Waals surface area (Å²) in [5.74, 6) is -1.41. The third kappa shape index (κ3) is 6.93. The normalized spacial score (nSPS) is 19.4. The second-order valence-corrected chi connectivity index (χ2v) is 9.77. The Morgan fingerprint density at radius 2 is 2.00 bits per heavy atom. The Balaban J connectivity index is 2.10. The van der Waals surface area contributed by atoms with Crippen LogP contribution in [0.4, 0.5) is 4.79 Å². The quantitative estimate of drug-likeness (QED) is 0.607. The Labute approximate surface area is 188 Å². The predicted molar refractivity (Wildman–Crippen MR) is 118 cm³/mol. The van der Waals surface area contributed by atoms with Gasteiger partial charge in [-0.25, -0.2) is 9.59 Å². The molecule has 1 aromatic rings. The van der Waals surface area contributed by atoms with E-state index in [4.69, 9.17) is 14.2 Å². The number of likely N-dealkylation sites (tertiary alicyclic amines) is 1. The Hall–Kier alpha value is -2.13. The number of rotatable bonds is 8. The lowest BCUT2D eigenvalue weighted by Gasteiger charge is -2.35. The fourth-order valence-corrected chi connectivity index (χ4v) is 4.55. The molecule has 0 bridgehead atoms. The minimum atomic E-state index is -0.790. The molecule has 8 nitrogen and oxygen atoms in total. The Morgan fingerprint density at radius 1 is 1.29 bits per heavy atom. The summed E-state index contributed by atoms with van der Waals surface area (Å²) in [4.78, 5) is 40.5. The highest BCUT2D eigenvalue weighted by atomic mass is 32.1. The van der Waals surface area contributed by atoms with Crippen molar-refractivity contribution >= 4 is 29.3 Å². The van der Waals surface area contributed by atoms with Gasteiger partial charge < -0.3 is 24.4 Å². The highest BCUT2D eigenvalue weighted by Gasteiger charge is 2.41. The number of ether oxygens (including phenoxy) is 3. The van der Waals surface area contributed by atoms with Crippen LogP contribution in [0.1, 0.15) is 45.4 Å². The standard InChI is InChI=1S/C22H34N2O6S/c1-14(19(25)23-16(20(26)29-6)13-15-9-8-12-31-15)18(28-5)17-10-7-11-24(17)21(27)30-22(2,3)4/h8-9,12,14,16-18H,7,10-11,13H2,1-6H3,(H,23,25)/t14-,16+,17+,18-/m1/s1. The second kappa shape index (κ2) is 10.9. The number of thiophene rings is 1. The molecule has 0 unspecified atom stereocenters. The molecule has 1 aromatic heterocycles. The van der Waals surface area contributed by atoms with Crippen molar-refractivity contribution < 1.29 is 28.6 Å². The number of esters is 1. The van der Waals surface area contributed by atoms with Crippen LogP contribution in [0.2, 0.25) is 0 Å². The van der Waals surface area contributed by atoms with Crippen molar-refractivity contribution in [3.05, 3.63) is 22.4 Å². The molecule has 9 heteroatoms. The van der Waals surface area contributed by atoms with Gasteiger partial charge in [0, 0.05) is 25.0 Å². The zero-order valence-corrected chi connectivity index (χ0v) is 20.0. The lowest BCUT2D eigenvalue weighted by molar-refractivity contribution is -0.146. The minimum absolute atomic E-state index is 0.283. The van der Waals surface area contributed by atoms with Crippen molar-refractivity contribution in [3.63, 3.8) is 0 Å². The monoisotopic (exact) mass is 454 g/mol. The van der Waals surface area contributed by atoms with Gasteiger partial charge in [-0.1, -0.05) is 13.0 Å². The Kier molecular flexibility index (Phi) is 8.88. The van der Waals surface area contributed by atoms with Crippen LogP contribution in [-0.4, -0.2) is 67.4 Å². The molecule has 2 amide bonds. The summed E-state index contributed by atoms with van der Waals surface area (Å²) in [7, 11) is 2.83. The van der Waals surface area contributed by atoms with E-state index in [1.165, 1.54) is 25.6 Å². The lowest BCUT2D eigenvalue weighted by atomic mass is 9.94. The van der Waals surface area contributed by atoms with Crippen LogP contribution in [0.25, 0.3) is 0 Å². The molecule has 0 saturated carbocycles. The van der Waals surface area contributed by atoms with Gasteiger partial charge in [0.25, 0.3) is 0 Å². The van der Waals surface area contributed by atoms with Crippen LogP contribution in [0.15, 0.2) is 17.5 Å². The van der Waals surface area contributed by atoms with Gasteiger partial charge in [0.2, 0.25) is 5.91 Å². The fraction of sp³-hybridized carbons (Fsp3) is 0.682. The zero-order valence-electron chi connectivity index (χ0n) is 19.2. The summed E-state index contributed by atoms with van der Waals surface area (Å²) in [6.07, 6.45) is 0.935. The first kappa shape index (κ1) is 25.1. The molecule has 4 atom stereocenters. The summed E-state index contributed by atoms with van der Waals surface area (Å²) >= 11 is 1.51.